The zero-order valence-corrected chi connectivity index (χ0v) is 17.5. The van der Waals surface area contributed by atoms with Gasteiger partial charge in [0.15, 0.2) is 6.61 Å². The minimum atomic E-state index is -0.759. The highest BCUT2D eigenvalue weighted by molar-refractivity contribution is 9.11. The Morgan fingerprint density at radius 1 is 1.21 bits per heavy atom. The van der Waals surface area contributed by atoms with Crippen LogP contribution in [0, 0.1) is 17.0 Å². The molecule has 28 heavy (non-hydrogen) atoms. The summed E-state index contributed by atoms with van der Waals surface area (Å²) >= 11 is 6.34. The van der Waals surface area contributed by atoms with Gasteiger partial charge in [0.05, 0.1) is 10.6 Å². The first-order chi connectivity index (χ1) is 13.3. The van der Waals surface area contributed by atoms with E-state index in [-0.39, 0.29) is 17.1 Å². The molecule has 144 valence electrons. The van der Waals surface area contributed by atoms with E-state index in [4.69, 9.17) is 9.15 Å². The van der Waals surface area contributed by atoms with Crippen molar-refractivity contribution < 1.29 is 23.7 Å². The number of rotatable bonds is 5. The number of hydrogen-bond donors (Lipinski definition) is 1. The quantitative estimate of drug-likeness (QED) is 0.294. The number of nitro groups is 1. The fraction of sp³-hybridized carbons (Fsp3) is 0.111. The van der Waals surface area contributed by atoms with Gasteiger partial charge in [-0.2, -0.15) is 0 Å². The molecule has 1 N–H and O–H groups in total. The van der Waals surface area contributed by atoms with Crippen LogP contribution in [-0.2, 0) is 9.53 Å². The Balaban J connectivity index is 1.68. The summed E-state index contributed by atoms with van der Waals surface area (Å²) in [6, 6.07) is 9.67. The lowest BCUT2D eigenvalue weighted by atomic mass is 10.1. The SMILES string of the molecule is Cc1c(C(=O)OCC(=O)Nc2c(Br)cc([N+](=O)[O-])cc2Br)oc2ccccc12. The number of amides is 1. The third-order valence-electron chi connectivity index (χ3n) is 3.87. The number of furan rings is 1. The van der Waals surface area contributed by atoms with Gasteiger partial charge < -0.3 is 14.5 Å². The highest BCUT2D eigenvalue weighted by atomic mass is 79.9. The van der Waals surface area contributed by atoms with E-state index in [0.29, 0.717) is 20.1 Å². The van der Waals surface area contributed by atoms with Crippen LogP contribution >= 0.6 is 31.9 Å². The molecule has 0 saturated carbocycles. The minimum absolute atomic E-state index is 0.0340. The van der Waals surface area contributed by atoms with Gasteiger partial charge in [-0.05, 0) is 44.8 Å². The van der Waals surface area contributed by atoms with Crippen molar-refractivity contribution in [1.82, 2.24) is 0 Å². The number of nitrogens with one attached hydrogen (secondary N) is 1. The molecule has 0 aliphatic carbocycles. The molecule has 0 bridgehead atoms. The third kappa shape index (κ3) is 4.07. The van der Waals surface area contributed by atoms with Crippen LogP contribution in [0.4, 0.5) is 11.4 Å². The maximum Gasteiger partial charge on any atom is 0.375 e. The summed E-state index contributed by atoms with van der Waals surface area (Å²) in [4.78, 5) is 34.7. The normalized spacial score (nSPS) is 10.7. The third-order valence-corrected chi connectivity index (χ3v) is 5.12. The molecule has 0 atom stereocenters. The van der Waals surface area contributed by atoms with Crippen molar-refractivity contribution in [2.75, 3.05) is 11.9 Å². The predicted molar refractivity (Wildman–Crippen MR) is 108 cm³/mol. The molecule has 0 fully saturated rings. The summed E-state index contributed by atoms with van der Waals surface area (Å²) in [5, 5.41) is 14.2. The van der Waals surface area contributed by atoms with E-state index < -0.39 is 23.4 Å². The monoisotopic (exact) mass is 510 g/mol. The number of benzene rings is 2. The van der Waals surface area contributed by atoms with Crippen LogP contribution in [0.5, 0.6) is 0 Å². The molecule has 0 unspecified atom stereocenters. The number of fused-ring (bicyclic) bond motifs is 1. The highest BCUT2D eigenvalue weighted by Crippen LogP contribution is 2.35. The molecular formula is C18H12Br2N2O6. The number of halogens is 2. The van der Waals surface area contributed by atoms with E-state index >= 15 is 0 Å². The van der Waals surface area contributed by atoms with Crippen LogP contribution in [0.1, 0.15) is 16.1 Å². The van der Waals surface area contributed by atoms with Crippen molar-refractivity contribution in [2.45, 2.75) is 6.92 Å². The Kier molecular flexibility index (Phi) is 5.80. The number of nitrogens with zero attached hydrogens (tertiary/aromatic N) is 1. The van der Waals surface area contributed by atoms with Crippen molar-refractivity contribution in [3.63, 3.8) is 0 Å². The van der Waals surface area contributed by atoms with Gasteiger partial charge >= 0.3 is 5.97 Å². The fourth-order valence-corrected chi connectivity index (χ4v) is 3.89. The first-order valence-electron chi connectivity index (χ1n) is 7.86. The maximum absolute atomic E-state index is 12.3. The summed E-state index contributed by atoms with van der Waals surface area (Å²) in [6.45, 7) is 1.18. The van der Waals surface area contributed by atoms with Crippen molar-refractivity contribution in [3.05, 3.63) is 66.8 Å². The van der Waals surface area contributed by atoms with E-state index in [2.05, 4.69) is 37.2 Å². The van der Waals surface area contributed by atoms with Gasteiger partial charge in [-0.1, -0.05) is 18.2 Å². The van der Waals surface area contributed by atoms with E-state index in [0.717, 1.165) is 5.39 Å². The Hall–Kier alpha value is -2.72. The zero-order chi connectivity index (χ0) is 20.4. The van der Waals surface area contributed by atoms with Crippen molar-refractivity contribution in [1.29, 1.82) is 0 Å². The number of nitro benzene ring substituents is 1. The molecule has 0 spiro atoms. The lowest BCUT2D eigenvalue weighted by Gasteiger charge is -2.10. The minimum Gasteiger partial charge on any atom is -0.450 e. The predicted octanol–water partition coefficient (Wildman–Crippen LogP) is 4.97. The Bertz CT molecular complexity index is 1090. The molecule has 8 nitrogen and oxygen atoms in total. The number of carbonyl (C=O) groups is 2. The molecule has 10 heteroatoms. The van der Waals surface area contributed by atoms with E-state index in [1.807, 2.05) is 12.1 Å². The molecule has 0 aliphatic rings. The molecule has 0 saturated heterocycles. The van der Waals surface area contributed by atoms with E-state index in [9.17, 15) is 19.7 Å². The summed E-state index contributed by atoms with van der Waals surface area (Å²) in [5.41, 5.74) is 1.31. The van der Waals surface area contributed by atoms with Crippen molar-refractivity contribution >= 4 is 66.1 Å². The Labute approximate surface area is 175 Å². The van der Waals surface area contributed by atoms with Crippen LogP contribution in [0.15, 0.2) is 49.8 Å². The molecule has 1 heterocycles. The van der Waals surface area contributed by atoms with Crippen LogP contribution in [0.25, 0.3) is 11.0 Å². The number of esters is 1. The number of carbonyl (C=O) groups excluding carboxylic acids is 2. The number of anilines is 1. The molecule has 1 amide bonds. The topological polar surface area (TPSA) is 112 Å². The number of aryl methyl sites for hydroxylation is 1. The van der Waals surface area contributed by atoms with Gasteiger partial charge in [0, 0.05) is 32.0 Å². The summed E-state index contributed by atoms with van der Waals surface area (Å²) < 4.78 is 11.1. The lowest BCUT2D eigenvalue weighted by Crippen LogP contribution is -2.21. The highest BCUT2D eigenvalue weighted by Gasteiger charge is 2.21. The molecule has 2 aromatic carbocycles. The van der Waals surface area contributed by atoms with Gasteiger partial charge in [-0.3, -0.25) is 14.9 Å². The first kappa shape index (κ1) is 20.0. The summed E-state index contributed by atoms with van der Waals surface area (Å²) in [6.07, 6.45) is 0. The molecule has 1 aromatic heterocycles. The average Bonchev–Trinajstić information content (AvgIpc) is 2.99. The van der Waals surface area contributed by atoms with Crippen LogP contribution in [0.2, 0.25) is 0 Å². The van der Waals surface area contributed by atoms with E-state index in [1.165, 1.54) is 12.1 Å². The molecule has 0 aliphatic heterocycles. The second-order valence-electron chi connectivity index (χ2n) is 5.72. The van der Waals surface area contributed by atoms with Crippen molar-refractivity contribution in [3.8, 4) is 0 Å². The lowest BCUT2D eigenvalue weighted by molar-refractivity contribution is -0.385. The smallest absolute Gasteiger partial charge is 0.375 e. The number of hydrogen-bond acceptors (Lipinski definition) is 6. The van der Waals surface area contributed by atoms with Gasteiger partial charge in [0.1, 0.15) is 5.58 Å². The Morgan fingerprint density at radius 2 is 1.86 bits per heavy atom. The average molecular weight is 512 g/mol. The van der Waals surface area contributed by atoms with Crippen LogP contribution in [-0.4, -0.2) is 23.4 Å². The Morgan fingerprint density at radius 3 is 2.46 bits per heavy atom. The van der Waals surface area contributed by atoms with E-state index in [1.54, 1.807) is 19.1 Å². The maximum atomic E-state index is 12.3. The molecule has 0 radical (unpaired) electrons. The van der Waals surface area contributed by atoms with Gasteiger partial charge in [0.25, 0.3) is 11.6 Å². The standard InChI is InChI=1S/C18H12Br2N2O6/c1-9-11-4-2-3-5-14(11)28-17(9)18(24)27-8-15(23)21-16-12(19)6-10(22(25)26)7-13(16)20/h2-7H,8H2,1H3,(H,21,23). The van der Waals surface area contributed by atoms with Crippen LogP contribution < -0.4 is 5.32 Å². The van der Waals surface area contributed by atoms with Gasteiger partial charge in [-0.25, -0.2) is 4.79 Å². The second kappa shape index (κ2) is 8.11. The van der Waals surface area contributed by atoms with Crippen molar-refractivity contribution in [2.24, 2.45) is 0 Å². The molecular weight excluding hydrogens is 500 g/mol. The molecule has 3 rings (SSSR count). The largest absolute Gasteiger partial charge is 0.450 e. The number of non-ortho nitro benzene ring substituents is 1. The molecule has 3 aromatic rings. The van der Waals surface area contributed by atoms with Gasteiger partial charge in [-0.15, -0.1) is 0 Å². The fourth-order valence-electron chi connectivity index (χ4n) is 2.53. The summed E-state index contributed by atoms with van der Waals surface area (Å²) in [5.74, 6) is -1.34. The van der Waals surface area contributed by atoms with Gasteiger partial charge in [0.2, 0.25) is 5.76 Å². The number of para-hydroxylation sites is 1. The first-order valence-corrected chi connectivity index (χ1v) is 9.45. The summed E-state index contributed by atoms with van der Waals surface area (Å²) in [7, 11) is 0. The second-order valence-corrected chi connectivity index (χ2v) is 7.43. The van der Waals surface area contributed by atoms with Crippen LogP contribution in [0.3, 0.4) is 0 Å². The zero-order valence-electron chi connectivity index (χ0n) is 14.3. The number of ether oxygens (including phenoxy) is 1.